The number of halogens is 2. The number of aromatic nitrogens is 4. The molecule has 0 amide bonds. The molecular formula is C14H12F2N4O. The number of hydrogen-bond acceptors (Lipinski definition) is 3. The van der Waals surface area contributed by atoms with E-state index in [9.17, 15) is 13.6 Å². The fourth-order valence-corrected chi connectivity index (χ4v) is 2.18. The molecule has 0 saturated heterocycles. The lowest BCUT2D eigenvalue weighted by Gasteiger charge is -2.05. The standard InChI is InChI=1S/C14H12F2N4O/c1-19-14(21)13-10(7-17-19)8-18-20(13)5-4-9-2-3-11(15)12(16)6-9/h2-3,6-8H,4-5H2,1H3. The Balaban J connectivity index is 1.90. The van der Waals surface area contributed by atoms with Crippen molar-refractivity contribution < 1.29 is 8.78 Å². The van der Waals surface area contributed by atoms with Gasteiger partial charge < -0.3 is 0 Å². The Bertz CT molecular complexity index is 869. The molecular weight excluding hydrogens is 278 g/mol. The van der Waals surface area contributed by atoms with Crippen LogP contribution >= 0.6 is 0 Å². The minimum Gasteiger partial charge on any atom is -0.265 e. The Morgan fingerprint density at radius 1 is 1.14 bits per heavy atom. The van der Waals surface area contributed by atoms with E-state index in [2.05, 4.69) is 10.2 Å². The molecule has 3 rings (SSSR count). The van der Waals surface area contributed by atoms with Crippen LogP contribution in [0.4, 0.5) is 8.78 Å². The molecule has 0 radical (unpaired) electrons. The molecule has 5 nitrogen and oxygen atoms in total. The minimum atomic E-state index is -0.877. The summed E-state index contributed by atoms with van der Waals surface area (Å²) < 4.78 is 28.8. The molecule has 0 atom stereocenters. The van der Waals surface area contributed by atoms with Crippen molar-refractivity contribution in [2.45, 2.75) is 13.0 Å². The zero-order chi connectivity index (χ0) is 15.0. The molecule has 0 fully saturated rings. The van der Waals surface area contributed by atoms with Crippen LogP contribution in [0.15, 0.2) is 35.4 Å². The highest BCUT2D eigenvalue weighted by Crippen LogP contribution is 2.12. The first-order valence-electron chi connectivity index (χ1n) is 6.38. The largest absolute Gasteiger partial charge is 0.292 e. The molecule has 1 aromatic carbocycles. The van der Waals surface area contributed by atoms with Crippen LogP contribution in [0.25, 0.3) is 10.9 Å². The van der Waals surface area contributed by atoms with E-state index in [0.717, 1.165) is 12.1 Å². The highest BCUT2D eigenvalue weighted by Gasteiger charge is 2.09. The van der Waals surface area contributed by atoms with Crippen molar-refractivity contribution in [3.8, 4) is 0 Å². The maximum Gasteiger partial charge on any atom is 0.292 e. The van der Waals surface area contributed by atoms with Crippen LogP contribution in [0.2, 0.25) is 0 Å². The lowest BCUT2D eigenvalue weighted by molar-refractivity contribution is 0.506. The zero-order valence-corrected chi connectivity index (χ0v) is 11.3. The summed E-state index contributed by atoms with van der Waals surface area (Å²) in [6, 6.07) is 3.76. The summed E-state index contributed by atoms with van der Waals surface area (Å²) in [4.78, 5) is 12.1. The Labute approximate surface area is 118 Å². The normalized spacial score (nSPS) is 11.2. The lowest BCUT2D eigenvalue weighted by Crippen LogP contribution is -2.21. The average Bonchev–Trinajstić information content (AvgIpc) is 2.88. The monoisotopic (exact) mass is 290 g/mol. The van der Waals surface area contributed by atoms with Crippen molar-refractivity contribution in [1.29, 1.82) is 0 Å². The van der Waals surface area contributed by atoms with Crippen molar-refractivity contribution in [3.63, 3.8) is 0 Å². The molecule has 108 valence electrons. The number of fused-ring (bicyclic) bond motifs is 1. The molecule has 2 aromatic heterocycles. The van der Waals surface area contributed by atoms with E-state index in [1.54, 1.807) is 24.1 Å². The van der Waals surface area contributed by atoms with E-state index < -0.39 is 11.6 Å². The van der Waals surface area contributed by atoms with E-state index in [-0.39, 0.29) is 5.56 Å². The first kappa shape index (κ1) is 13.4. The summed E-state index contributed by atoms with van der Waals surface area (Å²) in [5.41, 5.74) is 0.855. The van der Waals surface area contributed by atoms with E-state index >= 15 is 0 Å². The summed E-state index contributed by atoms with van der Waals surface area (Å²) in [6.07, 6.45) is 3.58. The predicted molar refractivity (Wildman–Crippen MR) is 72.8 cm³/mol. The number of hydrogen-bond donors (Lipinski definition) is 0. The van der Waals surface area contributed by atoms with Gasteiger partial charge in [0.1, 0.15) is 5.52 Å². The predicted octanol–water partition coefficient (Wildman–Crippen LogP) is 1.65. The van der Waals surface area contributed by atoms with Crippen LogP contribution in [0.5, 0.6) is 0 Å². The molecule has 2 heterocycles. The van der Waals surface area contributed by atoms with Gasteiger partial charge in [-0.05, 0) is 24.1 Å². The maximum atomic E-state index is 13.2. The Morgan fingerprint density at radius 2 is 1.90 bits per heavy atom. The van der Waals surface area contributed by atoms with Gasteiger partial charge in [-0.1, -0.05) is 6.07 Å². The van der Waals surface area contributed by atoms with Crippen LogP contribution in [0, 0.1) is 11.6 Å². The summed E-state index contributed by atoms with van der Waals surface area (Å²) in [7, 11) is 1.56. The second-order valence-corrected chi connectivity index (χ2v) is 4.74. The summed E-state index contributed by atoms with van der Waals surface area (Å²) in [5.74, 6) is -1.75. The molecule has 0 aliphatic carbocycles. The molecule has 0 N–H and O–H groups in total. The Kier molecular flexibility index (Phi) is 3.25. The second kappa shape index (κ2) is 5.08. The Hall–Kier alpha value is -2.57. The van der Waals surface area contributed by atoms with Crippen molar-refractivity contribution in [2.24, 2.45) is 7.05 Å². The summed E-state index contributed by atoms with van der Waals surface area (Å²) in [6.45, 7) is 0.397. The molecule has 21 heavy (non-hydrogen) atoms. The van der Waals surface area contributed by atoms with Crippen molar-refractivity contribution in [1.82, 2.24) is 19.6 Å². The molecule has 0 unspecified atom stereocenters. The molecule has 0 spiro atoms. The van der Waals surface area contributed by atoms with Crippen LogP contribution in [-0.2, 0) is 20.0 Å². The van der Waals surface area contributed by atoms with Crippen LogP contribution in [-0.4, -0.2) is 19.6 Å². The molecule has 3 aromatic rings. The topological polar surface area (TPSA) is 52.7 Å². The van der Waals surface area contributed by atoms with E-state index in [0.29, 0.717) is 29.4 Å². The van der Waals surface area contributed by atoms with Gasteiger partial charge in [0.2, 0.25) is 0 Å². The fourth-order valence-electron chi connectivity index (χ4n) is 2.18. The first-order valence-corrected chi connectivity index (χ1v) is 6.38. The van der Waals surface area contributed by atoms with Gasteiger partial charge in [0.25, 0.3) is 5.56 Å². The van der Waals surface area contributed by atoms with Crippen molar-refractivity contribution >= 4 is 10.9 Å². The molecule has 7 heteroatoms. The average molecular weight is 290 g/mol. The number of benzene rings is 1. The van der Waals surface area contributed by atoms with Gasteiger partial charge in [-0.2, -0.15) is 10.2 Å². The quantitative estimate of drug-likeness (QED) is 0.737. The summed E-state index contributed by atoms with van der Waals surface area (Å²) in [5, 5.41) is 8.72. The van der Waals surface area contributed by atoms with Gasteiger partial charge >= 0.3 is 0 Å². The van der Waals surface area contributed by atoms with Gasteiger partial charge in [-0.3, -0.25) is 9.48 Å². The van der Waals surface area contributed by atoms with Gasteiger partial charge in [0.15, 0.2) is 11.6 Å². The van der Waals surface area contributed by atoms with Crippen molar-refractivity contribution in [3.05, 3.63) is 58.1 Å². The number of nitrogens with zero attached hydrogens (tertiary/aromatic N) is 4. The van der Waals surface area contributed by atoms with E-state index in [4.69, 9.17) is 0 Å². The third-order valence-electron chi connectivity index (χ3n) is 3.33. The Morgan fingerprint density at radius 3 is 2.67 bits per heavy atom. The lowest BCUT2D eigenvalue weighted by atomic mass is 10.1. The number of rotatable bonds is 3. The van der Waals surface area contributed by atoms with Crippen molar-refractivity contribution in [2.75, 3.05) is 0 Å². The molecule has 0 bridgehead atoms. The maximum absolute atomic E-state index is 13.2. The highest BCUT2D eigenvalue weighted by atomic mass is 19.2. The summed E-state index contributed by atoms with van der Waals surface area (Å²) >= 11 is 0. The van der Waals surface area contributed by atoms with Gasteiger partial charge in [0.05, 0.1) is 12.4 Å². The zero-order valence-electron chi connectivity index (χ0n) is 11.3. The first-order chi connectivity index (χ1) is 10.1. The van der Waals surface area contributed by atoms with E-state index in [1.165, 1.54) is 10.7 Å². The molecule has 0 saturated carbocycles. The van der Waals surface area contributed by atoms with Gasteiger partial charge in [-0.15, -0.1) is 0 Å². The van der Waals surface area contributed by atoms with Gasteiger partial charge in [0, 0.05) is 19.0 Å². The fraction of sp³-hybridized carbons (Fsp3) is 0.214. The van der Waals surface area contributed by atoms with Gasteiger partial charge in [-0.25, -0.2) is 13.5 Å². The third kappa shape index (κ3) is 2.42. The van der Waals surface area contributed by atoms with Crippen LogP contribution in [0.1, 0.15) is 5.56 Å². The third-order valence-corrected chi connectivity index (χ3v) is 3.33. The molecule has 0 aliphatic heterocycles. The van der Waals surface area contributed by atoms with E-state index in [1.807, 2.05) is 0 Å². The number of aryl methyl sites for hydroxylation is 3. The SMILES string of the molecule is Cn1ncc2cnn(CCc3ccc(F)c(F)c3)c2c1=O. The smallest absolute Gasteiger partial charge is 0.265 e. The van der Waals surface area contributed by atoms with Crippen LogP contribution < -0.4 is 5.56 Å². The van der Waals surface area contributed by atoms with Crippen LogP contribution in [0.3, 0.4) is 0 Å². The minimum absolute atomic E-state index is 0.240. The second-order valence-electron chi connectivity index (χ2n) is 4.74. The highest BCUT2D eigenvalue weighted by molar-refractivity contribution is 5.76. The molecule has 0 aliphatic rings.